The number of esters is 2. The lowest BCUT2D eigenvalue weighted by Gasteiger charge is -2.19. The Morgan fingerprint density at radius 2 is 0.964 bits per heavy atom. The van der Waals surface area contributed by atoms with Crippen LogP contribution in [-0.4, -0.2) is 42.8 Å². The van der Waals surface area contributed by atoms with Crippen molar-refractivity contribution in [3.8, 4) is 0 Å². The Morgan fingerprint density at radius 1 is 0.518 bits per heavy atom. The van der Waals surface area contributed by atoms with E-state index in [1.807, 2.05) is 12.2 Å². The van der Waals surface area contributed by atoms with Gasteiger partial charge in [-0.3, -0.25) is 18.6 Å². The summed E-state index contributed by atoms with van der Waals surface area (Å²) in [6, 6.07) is 0. The van der Waals surface area contributed by atoms with E-state index in [4.69, 9.17) is 18.5 Å². The predicted molar refractivity (Wildman–Crippen MR) is 234 cm³/mol. The molecule has 0 aliphatic carbocycles. The van der Waals surface area contributed by atoms with Crippen LogP contribution in [-0.2, 0) is 32.7 Å². The van der Waals surface area contributed by atoms with Crippen LogP contribution >= 0.6 is 7.82 Å². The molecule has 0 aliphatic rings. The highest BCUT2D eigenvalue weighted by molar-refractivity contribution is 7.47. The molecule has 0 aromatic heterocycles. The molecule has 2 atom stereocenters. The Morgan fingerprint density at radius 3 is 1.45 bits per heavy atom. The summed E-state index contributed by atoms with van der Waals surface area (Å²) < 4.78 is 32.5. The van der Waals surface area contributed by atoms with E-state index >= 15 is 0 Å². The number of hydrogen-bond acceptors (Lipinski definition) is 7. The summed E-state index contributed by atoms with van der Waals surface area (Å²) in [4.78, 5) is 34.7. The van der Waals surface area contributed by atoms with Crippen molar-refractivity contribution in [2.45, 2.75) is 194 Å². The number of allylic oxidation sites excluding steroid dienone is 11. The van der Waals surface area contributed by atoms with Crippen LogP contribution in [0, 0.1) is 0 Å². The SMILES string of the molecule is CC/C=C\C/C=C\C/C=C\C/C=C\C/C=C\CC(=O)OC(COC(=O)CCCCCCCCCCC/C=C\CCCCCCCCCC)COP(=O)(O)OCC. The maximum atomic E-state index is 12.5. The van der Waals surface area contributed by atoms with Gasteiger partial charge in [0, 0.05) is 6.42 Å². The van der Waals surface area contributed by atoms with Crippen molar-refractivity contribution in [2.24, 2.45) is 0 Å². The second-order valence-electron chi connectivity index (χ2n) is 14.3. The Bertz CT molecular complexity index is 1140. The fourth-order valence-corrected chi connectivity index (χ4v) is 6.57. The number of rotatable bonds is 40. The van der Waals surface area contributed by atoms with Gasteiger partial charge >= 0.3 is 19.8 Å². The van der Waals surface area contributed by atoms with Crippen LogP contribution in [0.5, 0.6) is 0 Å². The third kappa shape index (κ3) is 41.1. The minimum Gasteiger partial charge on any atom is -0.462 e. The van der Waals surface area contributed by atoms with E-state index in [0.717, 1.165) is 44.9 Å². The smallest absolute Gasteiger partial charge is 0.462 e. The summed E-state index contributed by atoms with van der Waals surface area (Å²) in [6.07, 6.45) is 52.8. The Balaban J connectivity index is 4.14. The van der Waals surface area contributed by atoms with E-state index in [-0.39, 0.29) is 26.1 Å². The summed E-state index contributed by atoms with van der Waals surface area (Å²) in [7, 11) is -4.31. The zero-order valence-electron chi connectivity index (χ0n) is 35.8. The molecule has 2 unspecified atom stereocenters. The molecule has 0 spiro atoms. The molecule has 0 saturated carbocycles. The van der Waals surface area contributed by atoms with Crippen molar-refractivity contribution >= 4 is 19.8 Å². The molecule has 8 nitrogen and oxygen atoms in total. The van der Waals surface area contributed by atoms with Crippen LogP contribution < -0.4 is 0 Å². The van der Waals surface area contributed by atoms with Gasteiger partial charge in [-0.25, -0.2) is 4.57 Å². The van der Waals surface area contributed by atoms with Crippen molar-refractivity contribution < 1.29 is 37.6 Å². The van der Waals surface area contributed by atoms with Gasteiger partial charge < -0.3 is 14.4 Å². The number of carbonyl (C=O) groups excluding carboxylic acids is 2. The second-order valence-corrected chi connectivity index (χ2v) is 15.8. The lowest BCUT2D eigenvalue weighted by Crippen LogP contribution is -2.29. The van der Waals surface area contributed by atoms with Crippen LogP contribution in [0.2, 0.25) is 0 Å². The first-order chi connectivity index (χ1) is 27.3. The maximum absolute atomic E-state index is 12.5. The molecule has 9 heteroatoms. The molecule has 0 aliphatic heterocycles. The van der Waals surface area contributed by atoms with Gasteiger partial charge in [0.05, 0.1) is 19.6 Å². The average Bonchev–Trinajstić information content (AvgIpc) is 3.18. The number of hydrogen-bond donors (Lipinski definition) is 1. The lowest BCUT2D eigenvalue weighted by atomic mass is 10.1. The molecule has 0 bridgehead atoms. The summed E-state index contributed by atoms with van der Waals surface area (Å²) in [5.41, 5.74) is 0. The minimum absolute atomic E-state index is 0.0109. The van der Waals surface area contributed by atoms with E-state index < -0.39 is 32.5 Å². The molecule has 0 aromatic rings. The summed E-state index contributed by atoms with van der Waals surface area (Å²) in [5.74, 6) is -0.950. The zero-order valence-corrected chi connectivity index (χ0v) is 36.7. The topological polar surface area (TPSA) is 108 Å². The molecule has 0 saturated heterocycles. The normalized spacial score (nSPS) is 14.0. The van der Waals surface area contributed by atoms with Gasteiger partial charge in [0.1, 0.15) is 6.61 Å². The Labute approximate surface area is 343 Å². The van der Waals surface area contributed by atoms with Crippen LogP contribution in [0.3, 0.4) is 0 Å². The van der Waals surface area contributed by atoms with Crippen LogP contribution in [0.15, 0.2) is 72.9 Å². The van der Waals surface area contributed by atoms with E-state index in [1.54, 1.807) is 13.0 Å². The molecule has 0 aromatic carbocycles. The summed E-state index contributed by atoms with van der Waals surface area (Å²) >= 11 is 0. The first-order valence-corrected chi connectivity index (χ1v) is 23.7. The average molecular weight is 805 g/mol. The van der Waals surface area contributed by atoms with Crippen molar-refractivity contribution in [1.82, 2.24) is 0 Å². The number of unbranched alkanes of at least 4 members (excludes halogenated alkanes) is 17. The summed E-state index contributed by atoms with van der Waals surface area (Å²) in [5, 5.41) is 0. The van der Waals surface area contributed by atoms with Gasteiger partial charge in [0.25, 0.3) is 0 Å². The lowest BCUT2D eigenvalue weighted by molar-refractivity contribution is -0.160. The van der Waals surface area contributed by atoms with Gasteiger partial charge in [0.2, 0.25) is 0 Å². The van der Waals surface area contributed by atoms with Gasteiger partial charge in [0.15, 0.2) is 6.10 Å². The number of phosphoric acid groups is 1. The molecule has 56 heavy (non-hydrogen) atoms. The number of carbonyl (C=O) groups is 2. The van der Waals surface area contributed by atoms with E-state index in [1.165, 1.54) is 103 Å². The second kappa shape index (κ2) is 42.1. The number of ether oxygens (including phenoxy) is 2. The molecule has 0 heterocycles. The minimum atomic E-state index is -4.31. The molecule has 0 rings (SSSR count). The fourth-order valence-electron chi connectivity index (χ4n) is 5.82. The van der Waals surface area contributed by atoms with Crippen LogP contribution in [0.25, 0.3) is 0 Å². The highest BCUT2D eigenvalue weighted by Gasteiger charge is 2.25. The van der Waals surface area contributed by atoms with Crippen LogP contribution in [0.4, 0.5) is 0 Å². The summed E-state index contributed by atoms with van der Waals surface area (Å²) in [6.45, 7) is 5.24. The van der Waals surface area contributed by atoms with Gasteiger partial charge in [-0.2, -0.15) is 0 Å². The van der Waals surface area contributed by atoms with Crippen molar-refractivity contribution in [2.75, 3.05) is 19.8 Å². The Kier molecular flexibility index (Phi) is 40.2. The van der Waals surface area contributed by atoms with Crippen molar-refractivity contribution in [1.29, 1.82) is 0 Å². The Hall–Kier alpha value is -2.51. The van der Waals surface area contributed by atoms with Crippen molar-refractivity contribution in [3.63, 3.8) is 0 Å². The quantitative estimate of drug-likeness (QED) is 0.0282. The van der Waals surface area contributed by atoms with Crippen LogP contribution in [0.1, 0.15) is 188 Å². The molecular weight excluding hydrogens is 723 g/mol. The maximum Gasteiger partial charge on any atom is 0.472 e. The molecule has 0 fully saturated rings. The fraction of sp³-hybridized carbons (Fsp3) is 0.702. The van der Waals surface area contributed by atoms with Gasteiger partial charge in [-0.15, -0.1) is 0 Å². The third-order valence-corrected chi connectivity index (χ3v) is 10.1. The van der Waals surface area contributed by atoms with E-state index in [0.29, 0.717) is 6.42 Å². The number of phosphoric ester groups is 1. The molecule has 0 amide bonds. The molecule has 322 valence electrons. The standard InChI is InChI=1S/C47H81O8P/c1-4-7-9-11-13-15-17-19-21-22-23-24-25-26-28-29-31-33-35-37-39-41-46(48)52-43-45(44-54-56(50,51)53-6-3)55-47(49)42-40-38-36-34-32-30-27-20-18-16-14-12-10-8-5-2/h8,10,14,16,20,22-23,27,32,34,38,40,45H,4-7,9,11-13,15,17-19,21,24-26,28-31,33,35-37,39,41-44H2,1-3H3,(H,50,51)/b10-8-,16-14-,23-22-,27-20-,34-32-,40-38-. The third-order valence-electron chi connectivity index (χ3n) is 9.03. The van der Waals surface area contributed by atoms with E-state index in [9.17, 15) is 19.0 Å². The first-order valence-electron chi connectivity index (χ1n) is 22.2. The molecule has 1 N–H and O–H groups in total. The van der Waals surface area contributed by atoms with Gasteiger partial charge in [-0.05, 0) is 71.1 Å². The predicted octanol–water partition coefficient (Wildman–Crippen LogP) is 14.1. The highest BCUT2D eigenvalue weighted by atomic mass is 31.2. The first kappa shape index (κ1) is 53.5. The van der Waals surface area contributed by atoms with E-state index in [2.05, 4.69) is 68.5 Å². The molecule has 0 radical (unpaired) electrons. The highest BCUT2D eigenvalue weighted by Crippen LogP contribution is 2.43. The largest absolute Gasteiger partial charge is 0.472 e. The molecular formula is C47H81O8P. The van der Waals surface area contributed by atoms with Gasteiger partial charge in [-0.1, -0.05) is 177 Å². The monoisotopic (exact) mass is 805 g/mol. The van der Waals surface area contributed by atoms with Crippen molar-refractivity contribution in [3.05, 3.63) is 72.9 Å². The zero-order chi connectivity index (χ0) is 41.1.